The first-order valence-corrected chi connectivity index (χ1v) is 13.0. The lowest BCUT2D eigenvalue weighted by molar-refractivity contribution is -0.127. The van der Waals surface area contributed by atoms with Gasteiger partial charge in [0.05, 0.1) is 30.8 Å². The van der Waals surface area contributed by atoms with E-state index in [1.54, 1.807) is 20.8 Å². The fourth-order valence-electron chi connectivity index (χ4n) is 4.16. The van der Waals surface area contributed by atoms with E-state index in [4.69, 9.17) is 9.47 Å². The molecular weight excluding hydrogens is 615 g/mol. The fraction of sp³-hybridized carbons (Fsp3) is 0.310. The molecule has 0 aromatic heterocycles. The van der Waals surface area contributed by atoms with Gasteiger partial charge < -0.3 is 19.7 Å². The summed E-state index contributed by atoms with van der Waals surface area (Å²) in [6, 6.07) is 6.72. The van der Waals surface area contributed by atoms with Crippen LogP contribution in [-0.4, -0.2) is 36.5 Å². The zero-order valence-electron chi connectivity index (χ0n) is 22.8. The molecule has 220 valence electrons. The van der Waals surface area contributed by atoms with Crippen molar-refractivity contribution in [2.24, 2.45) is 0 Å². The molecule has 1 N–H and O–H groups in total. The van der Waals surface area contributed by atoms with Crippen molar-refractivity contribution in [3.8, 4) is 11.5 Å². The van der Waals surface area contributed by atoms with Crippen molar-refractivity contribution in [3.05, 3.63) is 92.7 Å². The van der Waals surface area contributed by atoms with Gasteiger partial charge in [-0.3, -0.25) is 9.59 Å². The van der Waals surface area contributed by atoms with E-state index in [1.165, 1.54) is 32.4 Å². The Morgan fingerprint density at radius 3 is 2.22 bits per heavy atom. The van der Waals surface area contributed by atoms with Crippen LogP contribution < -0.4 is 14.8 Å². The van der Waals surface area contributed by atoms with Gasteiger partial charge in [-0.25, -0.2) is 22.0 Å². The van der Waals surface area contributed by atoms with Gasteiger partial charge in [0.15, 0.2) is 5.82 Å². The second-order valence-corrected chi connectivity index (χ2v) is 10.8. The molecule has 0 bridgehead atoms. The third-order valence-electron chi connectivity index (χ3n) is 6.00. The number of hydrogen-bond acceptors (Lipinski definition) is 4. The van der Waals surface area contributed by atoms with Crippen molar-refractivity contribution in [2.45, 2.75) is 45.3 Å². The second kappa shape index (κ2) is 12.9. The minimum atomic E-state index is -3.15. The van der Waals surface area contributed by atoms with Crippen molar-refractivity contribution in [2.75, 3.05) is 14.2 Å². The molecular formula is C29H28BrF5N2O4. The fourth-order valence-corrected chi connectivity index (χ4v) is 4.51. The zero-order valence-corrected chi connectivity index (χ0v) is 24.4. The van der Waals surface area contributed by atoms with Gasteiger partial charge in [0.1, 0.15) is 29.2 Å². The lowest BCUT2D eigenvalue weighted by Gasteiger charge is -2.35. The first-order chi connectivity index (χ1) is 19.2. The Bertz CT molecular complexity index is 1450. The monoisotopic (exact) mass is 642 g/mol. The number of rotatable bonds is 9. The predicted molar refractivity (Wildman–Crippen MR) is 145 cm³/mol. The maximum atomic E-state index is 15.2. The summed E-state index contributed by atoms with van der Waals surface area (Å²) in [5.41, 5.74) is -2.50. The van der Waals surface area contributed by atoms with Gasteiger partial charge in [0.25, 0.3) is 12.3 Å². The van der Waals surface area contributed by atoms with Gasteiger partial charge in [0, 0.05) is 22.7 Å². The topological polar surface area (TPSA) is 67.9 Å². The molecule has 0 heterocycles. The highest BCUT2D eigenvalue weighted by molar-refractivity contribution is 9.10. The molecule has 0 radical (unpaired) electrons. The lowest BCUT2D eigenvalue weighted by atomic mass is 9.95. The minimum absolute atomic E-state index is 0.200. The summed E-state index contributed by atoms with van der Waals surface area (Å²) in [7, 11) is 2.76. The number of ether oxygens (including phenoxy) is 2. The Morgan fingerprint density at radius 2 is 1.63 bits per heavy atom. The number of hydrogen-bond donors (Lipinski definition) is 1. The molecule has 3 aromatic rings. The average molecular weight is 643 g/mol. The van der Waals surface area contributed by atoms with Crippen molar-refractivity contribution >= 4 is 27.7 Å². The smallest absolute Gasteiger partial charge is 0.264 e. The summed E-state index contributed by atoms with van der Waals surface area (Å²) in [4.78, 5) is 28.6. The average Bonchev–Trinajstić information content (AvgIpc) is 2.90. The minimum Gasteiger partial charge on any atom is -0.497 e. The summed E-state index contributed by atoms with van der Waals surface area (Å²) >= 11 is 2.76. The Balaban J connectivity index is 2.34. The molecule has 0 aliphatic heterocycles. The number of amides is 2. The van der Waals surface area contributed by atoms with Crippen LogP contribution in [0, 0.1) is 17.5 Å². The van der Waals surface area contributed by atoms with Gasteiger partial charge >= 0.3 is 0 Å². The van der Waals surface area contributed by atoms with E-state index in [9.17, 15) is 27.2 Å². The van der Waals surface area contributed by atoms with Gasteiger partial charge in [0.2, 0.25) is 5.91 Å². The lowest BCUT2D eigenvalue weighted by Crippen LogP contribution is -2.49. The number of methoxy groups -OCH3 is 2. The molecule has 0 aliphatic rings. The molecule has 12 heteroatoms. The van der Waals surface area contributed by atoms with E-state index in [-0.39, 0.29) is 11.3 Å². The summed E-state index contributed by atoms with van der Waals surface area (Å²) in [6.45, 7) is 4.38. The van der Waals surface area contributed by atoms with Crippen LogP contribution in [0.2, 0.25) is 0 Å². The maximum Gasteiger partial charge on any atom is 0.264 e. The molecule has 0 fully saturated rings. The highest BCUT2D eigenvalue weighted by Crippen LogP contribution is 2.36. The first kappa shape index (κ1) is 31.9. The standard InChI is InChI=1S/C29H28BrF5N2O4/c1-29(2,3)36-27(38)25(20-12-16(31)7-9-18(20)26(34)35)37(14-15-6-8-17(40-4)13-22(15)41-5)28(39)19-10-11-21(32)23(30)24(19)33/h6-13,25-26H,14H2,1-5H3,(H,36,38). The van der Waals surface area contributed by atoms with E-state index >= 15 is 4.39 Å². The van der Waals surface area contributed by atoms with Crippen molar-refractivity contribution in [3.63, 3.8) is 0 Å². The largest absolute Gasteiger partial charge is 0.497 e. The number of alkyl halides is 2. The first-order valence-electron chi connectivity index (χ1n) is 12.2. The summed E-state index contributed by atoms with van der Waals surface area (Å²) in [5.74, 6) is -4.70. The maximum absolute atomic E-state index is 15.2. The van der Waals surface area contributed by atoms with Gasteiger partial charge in [-0.1, -0.05) is 6.07 Å². The molecule has 2 amide bonds. The second-order valence-electron chi connectivity index (χ2n) is 10.0. The normalized spacial score (nSPS) is 12.2. The summed E-state index contributed by atoms with van der Waals surface area (Å²) < 4.78 is 82.1. The molecule has 0 aliphatic carbocycles. The zero-order chi connectivity index (χ0) is 30.6. The van der Waals surface area contributed by atoms with Crippen molar-refractivity contribution < 1.29 is 41.0 Å². The number of carbonyl (C=O) groups excluding carboxylic acids is 2. The molecule has 3 rings (SSSR count). The highest BCUT2D eigenvalue weighted by Gasteiger charge is 2.38. The van der Waals surface area contributed by atoms with Crippen LogP contribution in [0.15, 0.2) is 53.0 Å². The van der Waals surface area contributed by atoms with Crippen molar-refractivity contribution in [1.29, 1.82) is 0 Å². The molecule has 41 heavy (non-hydrogen) atoms. The molecule has 0 saturated carbocycles. The molecule has 6 nitrogen and oxygen atoms in total. The van der Waals surface area contributed by atoms with Crippen LogP contribution in [0.1, 0.15) is 60.3 Å². The highest BCUT2D eigenvalue weighted by atomic mass is 79.9. The van der Waals surface area contributed by atoms with Crippen LogP contribution >= 0.6 is 15.9 Å². The third-order valence-corrected chi connectivity index (χ3v) is 6.73. The number of halogens is 6. The predicted octanol–water partition coefficient (Wildman–Crippen LogP) is 7.12. The number of benzene rings is 3. The van der Waals surface area contributed by atoms with E-state index in [0.717, 1.165) is 35.2 Å². The number of carbonyl (C=O) groups is 2. The molecule has 1 atom stereocenters. The quantitative estimate of drug-likeness (QED) is 0.199. The Morgan fingerprint density at radius 1 is 0.951 bits per heavy atom. The Hall–Kier alpha value is -3.67. The van der Waals surface area contributed by atoms with Crippen LogP contribution in [0.5, 0.6) is 11.5 Å². The van der Waals surface area contributed by atoms with Crippen molar-refractivity contribution in [1.82, 2.24) is 10.2 Å². The van der Waals surface area contributed by atoms with E-state index in [2.05, 4.69) is 21.2 Å². The van der Waals surface area contributed by atoms with Gasteiger partial charge in [-0.2, -0.15) is 0 Å². The van der Waals surface area contributed by atoms with E-state index in [1.807, 2.05) is 0 Å². The van der Waals surface area contributed by atoms with Crippen LogP contribution in [0.4, 0.5) is 22.0 Å². The SMILES string of the molecule is COc1ccc(CN(C(=O)c2ccc(F)c(Br)c2F)C(C(=O)NC(C)(C)C)c2cc(F)ccc2C(F)F)c(OC)c1. The van der Waals surface area contributed by atoms with Crippen LogP contribution in [-0.2, 0) is 11.3 Å². The van der Waals surface area contributed by atoms with Gasteiger partial charge in [-0.15, -0.1) is 0 Å². The summed E-state index contributed by atoms with van der Waals surface area (Å²) in [5, 5.41) is 2.64. The number of nitrogens with one attached hydrogen (secondary N) is 1. The third kappa shape index (κ3) is 7.35. The van der Waals surface area contributed by atoms with Crippen LogP contribution in [0.25, 0.3) is 0 Å². The number of nitrogens with zero attached hydrogens (tertiary/aromatic N) is 1. The molecule has 0 spiro atoms. The van der Waals surface area contributed by atoms with E-state index < -0.39 is 75.0 Å². The molecule has 3 aromatic carbocycles. The Kier molecular flexibility index (Phi) is 10.0. The molecule has 1 unspecified atom stereocenters. The molecule has 0 saturated heterocycles. The summed E-state index contributed by atoms with van der Waals surface area (Å²) in [6.07, 6.45) is -3.15. The Labute approximate surface area is 242 Å². The van der Waals surface area contributed by atoms with Gasteiger partial charge in [-0.05, 0) is 78.7 Å². The van der Waals surface area contributed by atoms with E-state index in [0.29, 0.717) is 5.75 Å². The van der Waals surface area contributed by atoms with Crippen LogP contribution in [0.3, 0.4) is 0 Å².